The van der Waals surface area contributed by atoms with Gasteiger partial charge in [-0.3, -0.25) is 4.79 Å². The zero-order chi connectivity index (χ0) is 17.4. The predicted octanol–water partition coefficient (Wildman–Crippen LogP) is 2.62. The number of aliphatic carboxylic acids is 1. The normalized spacial score (nSPS) is 19.9. The average molecular weight is 316 g/mol. The number of carboxylic acids is 1. The van der Waals surface area contributed by atoms with Gasteiger partial charge in [0, 0.05) is 24.1 Å². The lowest BCUT2D eigenvalue weighted by atomic mass is 10.0. The van der Waals surface area contributed by atoms with Crippen LogP contribution in [-0.4, -0.2) is 17.9 Å². The van der Waals surface area contributed by atoms with E-state index in [1.54, 1.807) is 4.90 Å². The van der Waals surface area contributed by atoms with E-state index >= 15 is 0 Å². The lowest BCUT2D eigenvalue weighted by Gasteiger charge is -2.31. The first-order valence-corrected chi connectivity index (χ1v) is 8.17. The molecule has 1 fully saturated rings. The molecule has 23 heavy (non-hydrogen) atoms. The number of benzene rings is 1. The predicted molar refractivity (Wildman–Crippen MR) is 88.7 cm³/mol. The summed E-state index contributed by atoms with van der Waals surface area (Å²) in [5.74, 6) is -0.986. The van der Waals surface area contributed by atoms with Gasteiger partial charge in [0.25, 0.3) is 0 Å². The summed E-state index contributed by atoms with van der Waals surface area (Å²) in [4.78, 5) is 25.1. The lowest BCUT2D eigenvalue weighted by molar-refractivity contribution is -0.305. The van der Waals surface area contributed by atoms with Gasteiger partial charge in [0.2, 0.25) is 5.91 Å². The Hall–Kier alpha value is -1.84. The highest BCUT2D eigenvalue weighted by molar-refractivity contribution is 5.95. The number of para-hydroxylation sites is 1. The van der Waals surface area contributed by atoms with Gasteiger partial charge in [-0.05, 0) is 42.2 Å². The minimum atomic E-state index is -1.19. The summed E-state index contributed by atoms with van der Waals surface area (Å²) < 4.78 is 0. The van der Waals surface area contributed by atoms with Gasteiger partial charge < -0.3 is 14.8 Å². The topological polar surface area (TPSA) is 60.4 Å². The Morgan fingerprint density at radius 3 is 2.04 bits per heavy atom. The van der Waals surface area contributed by atoms with Crippen LogP contribution < -0.4 is 10.0 Å². The molecule has 0 aromatic heterocycles. The van der Waals surface area contributed by atoms with Crippen LogP contribution in [0.2, 0.25) is 0 Å². The van der Waals surface area contributed by atoms with E-state index in [-0.39, 0.29) is 35.6 Å². The average Bonchev–Trinajstić information content (AvgIpc) is 2.87. The van der Waals surface area contributed by atoms with Gasteiger partial charge in [-0.1, -0.05) is 45.9 Å². The molecular formula is C19H26NO3-. The van der Waals surface area contributed by atoms with Crippen molar-refractivity contribution >= 4 is 17.6 Å². The number of rotatable bonds is 6. The SMILES string of the molecule is C[C@@H](C1C(C)(C)C1(C)C)N(C(=O)CCC(=O)[O-])c1ccccc1. The highest BCUT2D eigenvalue weighted by Gasteiger charge is 2.67. The van der Waals surface area contributed by atoms with Crippen molar-refractivity contribution in [2.45, 2.75) is 53.5 Å². The second-order valence-electron chi connectivity index (χ2n) is 7.63. The van der Waals surface area contributed by atoms with Crippen LogP contribution >= 0.6 is 0 Å². The minimum Gasteiger partial charge on any atom is -0.550 e. The molecule has 1 aliphatic rings. The smallest absolute Gasteiger partial charge is 0.227 e. The van der Waals surface area contributed by atoms with Crippen LogP contribution in [0.4, 0.5) is 5.69 Å². The molecule has 0 heterocycles. The third-order valence-corrected chi connectivity index (χ3v) is 5.87. The van der Waals surface area contributed by atoms with Crippen LogP contribution in [0.3, 0.4) is 0 Å². The molecule has 0 spiro atoms. The van der Waals surface area contributed by atoms with Crippen LogP contribution in [0.5, 0.6) is 0 Å². The largest absolute Gasteiger partial charge is 0.550 e. The maximum atomic E-state index is 12.7. The molecule has 2 rings (SSSR count). The van der Waals surface area contributed by atoms with Crippen LogP contribution in [0.25, 0.3) is 0 Å². The van der Waals surface area contributed by atoms with Gasteiger partial charge in [0.15, 0.2) is 0 Å². The Morgan fingerprint density at radius 2 is 1.61 bits per heavy atom. The van der Waals surface area contributed by atoms with E-state index < -0.39 is 5.97 Å². The molecule has 1 atom stereocenters. The Kier molecular flexibility index (Phi) is 4.56. The van der Waals surface area contributed by atoms with E-state index in [2.05, 4.69) is 34.6 Å². The summed E-state index contributed by atoms with van der Waals surface area (Å²) in [6.45, 7) is 11.0. The van der Waals surface area contributed by atoms with E-state index in [0.717, 1.165) is 5.69 Å². The van der Waals surface area contributed by atoms with E-state index in [4.69, 9.17) is 0 Å². The fourth-order valence-corrected chi connectivity index (χ4v) is 4.13. The molecule has 1 aliphatic carbocycles. The van der Waals surface area contributed by atoms with Crippen LogP contribution in [0.15, 0.2) is 30.3 Å². The van der Waals surface area contributed by atoms with Gasteiger partial charge >= 0.3 is 0 Å². The van der Waals surface area contributed by atoms with Gasteiger partial charge in [-0.15, -0.1) is 0 Å². The number of carbonyl (C=O) groups excluding carboxylic acids is 2. The number of amides is 1. The molecule has 0 saturated heterocycles. The monoisotopic (exact) mass is 316 g/mol. The molecule has 126 valence electrons. The number of nitrogens with zero attached hydrogens (tertiary/aromatic N) is 1. The van der Waals surface area contributed by atoms with Crippen molar-refractivity contribution < 1.29 is 14.7 Å². The molecule has 1 aromatic carbocycles. The molecule has 0 radical (unpaired) electrons. The van der Waals surface area contributed by atoms with Crippen molar-refractivity contribution in [3.63, 3.8) is 0 Å². The molecule has 1 aromatic rings. The zero-order valence-electron chi connectivity index (χ0n) is 14.6. The maximum absolute atomic E-state index is 12.7. The molecule has 1 amide bonds. The second kappa shape index (κ2) is 5.99. The Labute approximate surface area is 138 Å². The summed E-state index contributed by atoms with van der Waals surface area (Å²) in [5, 5.41) is 10.7. The number of hydrogen-bond donors (Lipinski definition) is 0. The number of carbonyl (C=O) groups is 2. The molecule has 0 bridgehead atoms. The first-order valence-electron chi connectivity index (χ1n) is 8.17. The van der Waals surface area contributed by atoms with Gasteiger partial charge in [0.05, 0.1) is 0 Å². The molecule has 1 saturated carbocycles. The molecule has 4 nitrogen and oxygen atoms in total. The third-order valence-electron chi connectivity index (χ3n) is 5.87. The molecule has 0 N–H and O–H groups in total. The van der Waals surface area contributed by atoms with E-state index in [9.17, 15) is 14.7 Å². The van der Waals surface area contributed by atoms with Crippen molar-refractivity contribution in [2.24, 2.45) is 16.7 Å². The number of hydrogen-bond acceptors (Lipinski definition) is 3. The van der Waals surface area contributed by atoms with Gasteiger partial charge in [-0.2, -0.15) is 0 Å². The summed E-state index contributed by atoms with van der Waals surface area (Å²) in [6.07, 6.45) is -0.276. The van der Waals surface area contributed by atoms with Gasteiger partial charge in [-0.25, -0.2) is 0 Å². The van der Waals surface area contributed by atoms with E-state index in [1.807, 2.05) is 30.3 Å². The summed E-state index contributed by atoms with van der Waals surface area (Å²) in [6, 6.07) is 9.50. The van der Waals surface area contributed by atoms with Crippen LogP contribution in [0.1, 0.15) is 47.5 Å². The highest BCUT2D eigenvalue weighted by atomic mass is 16.4. The quantitative estimate of drug-likeness (QED) is 0.810. The molecule has 0 unspecified atom stereocenters. The first-order chi connectivity index (χ1) is 10.6. The fraction of sp³-hybridized carbons (Fsp3) is 0.579. The van der Waals surface area contributed by atoms with Crippen molar-refractivity contribution in [1.82, 2.24) is 0 Å². The maximum Gasteiger partial charge on any atom is 0.227 e. The molecule has 4 heteroatoms. The number of carboxylic acid groups (broad SMARTS) is 1. The minimum absolute atomic E-state index is 0.0108. The van der Waals surface area contributed by atoms with Crippen LogP contribution in [-0.2, 0) is 9.59 Å². The Balaban J connectivity index is 2.28. The summed E-state index contributed by atoms with van der Waals surface area (Å²) >= 11 is 0. The Morgan fingerprint density at radius 1 is 1.09 bits per heavy atom. The lowest BCUT2D eigenvalue weighted by Crippen LogP contribution is -2.42. The second-order valence-corrected chi connectivity index (χ2v) is 7.63. The summed E-state index contributed by atoms with van der Waals surface area (Å²) in [5.41, 5.74) is 1.11. The molecular weight excluding hydrogens is 290 g/mol. The van der Waals surface area contributed by atoms with Crippen LogP contribution in [0, 0.1) is 16.7 Å². The van der Waals surface area contributed by atoms with E-state index in [1.165, 1.54) is 0 Å². The van der Waals surface area contributed by atoms with Gasteiger partial charge in [0.1, 0.15) is 0 Å². The highest BCUT2D eigenvalue weighted by Crippen LogP contribution is 2.70. The standard InChI is InChI=1S/C19H27NO3/c1-13(17-18(2,3)19(17,4)5)20(14-9-7-6-8-10-14)15(21)11-12-16(22)23/h6-10,13,17H,11-12H2,1-5H3,(H,22,23)/p-1/t13-/m0/s1. The van der Waals surface area contributed by atoms with Crippen molar-refractivity contribution in [1.29, 1.82) is 0 Å². The molecule has 0 aliphatic heterocycles. The Bertz CT molecular complexity index is 578. The fourth-order valence-electron chi connectivity index (χ4n) is 4.13. The summed E-state index contributed by atoms with van der Waals surface area (Å²) in [7, 11) is 0. The third kappa shape index (κ3) is 3.12. The van der Waals surface area contributed by atoms with Crippen molar-refractivity contribution in [3.05, 3.63) is 30.3 Å². The zero-order valence-corrected chi connectivity index (χ0v) is 14.6. The van der Waals surface area contributed by atoms with Crippen molar-refractivity contribution in [3.8, 4) is 0 Å². The van der Waals surface area contributed by atoms with E-state index in [0.29, 0.717) is 5.92 Å². The first kappa shape index (κ1) is 17.5. The van der Waals surface area contributed by atoms with Crippen molar-refractivity contribution in [2.75, 3.05) is 4.90 Å². The number of anilines is 1.